The number of carbonyl (C=O) groups excluding carboxylic acids is 1. The monoisotopic (exact) mass is 263 g/mol. The molecule has 1 rings (SSSR count). The molecule has 0 heterocycles. The number of hydrogen-bond acceptors (Lipinski definition) is 2. The molecule has 0 saturated carbocycles. The van der Waals surface area contributed by atoms with E-state index >= 15 is 0 Å². The van der Waals surface area contributed by atoms with E-state index in [4.69, 9.17) is 4.74 Å². The predicted molar refractivity (Wildman–Crippen MR) is 78.5 cm³/mol. The van der Waals surface area contributed by atoms with Crippen LogP contribution in [0.3, 0.4) is 0 Å². The Hall–Kier alpha value is -1.51. The molecule has 19 heavy (non-hydrogen) atoms. The van der Waals surface area contributed by atoms with Crippen LogP contribution in [0.1, 0.15) is 44.7 Å². The summed E-state index contributed by atoms with van der Waals surface area (Å²) in [6, 6.07) is 6.22. The van der Waals surface area contributed by atoms with Gasteiger partial charge in [-0.2, -0.15) is 0 Å². The summed E-state index contributed by atoms with van der Waals surface area (Å²) in [6.45, 7) is 9.98. The van der Waals surface area contributed by atoms with E-state index in [0.29, 0.717) is 0 Å². The molecule has 0 aliphatic carbocycles. The van der Waals surface area contributed by atoms with Crippen LogP contribution in [0.25, 0.3) is 0 Å². The maximum atomic E-state index is 12.0. The molecule has 1 N–H and O–H groups in total. The molecule has 0 saturated heterocycles. The van der Waals surface area contributed by atoms with Crippen LogP contribution in [-0.4, -0.2) is 18.1 Å². The third kappa shape index (κ3) is 4.93. The fourth-order valence-electron chi connectivity index (χ4n) is 2.07. The number of ether oxygens (including phenoxy) is 1. The van der Waals surface area contributed by atoms with Crippen LogP contribution in [0.5, 0.6) is 5.75 Å². The van der Waals surface area contributed by atoms with Gasteiger partial charge in [-0.3, -0.25) is 4.79 Å². The van der Waals surface area contributed by atoms with Gasteiger partial charge in [-0.15, -0.1) is 0 Å². The third-order valence-corrected chi connectivity index (χ3v) is 3.21. The highest BCUT2D eigenvalue weighted by Gasteiger charge is 2.17. The molecule has 1 unspecified atom stereocenters. The number of amides is 1. The second-order valence-corrected chi connectivity index (χ2v) is 5.11. The fraction of sp³-hybridized carbons (Fsp3) is 0.562. The summed E-state index contributed by atoms with van der Waals surface area (Å²) in [5, 5.41) is 3.00. The average molecular weight is 263 g/mol. The molecule has 1 atom stereocenters. The molecule has 0 aliphatic rings. The molecule has 0 aromatic heterocycles. The summed E-state index contributed by atoms with van der Waals surface area (Å²) in [4.78, 5) is 12.0. The van der Waals surface area contributed by atoms with Gasteiger partial charge in [-0.05, 0) is 56.9 Å². The Morgan fingerprint density at radius 2 is 1.68 bits per heavy atom. The quantitative estimate of drug-likeness (QED) is 0.854. The topological polar surface area (TPSA) is 38.3 Å². The minimum absolute atomic E-state index is 0.0483. The van der Waals surface area contributed by atoms with E-state index in [2.05, 4.69) is 25.2 Å². The van der Waals surface area contributed by atoms with Crippen LogP contribution in [0.2, 0.25) is 0 Å². The van der Waals surface area contributed by atoms with Crippen molar-refractivity contribution in [1.82, 2.24) is 5.32 Å². The Balaban J connectivity index is 2.63. The Labute approximate surface area is 116 Å². The molecule has 3 nitrogen and oxygen atoms in total. The van der Waals surface area contributed by atoms with E-state index in [1.54, 1.807) is 6.92 Å². The van der Waals surface area contributed by atoms with Gasteiger partial charge in [0, 0.05) is 6.04 Å². The van der Waals surface area contributed by atoms with Crippen molar-refractivity contribution < 1.29 is 9.53 Å². The molecule has 1 aromatic carbocycles. The van der Waals surface area contributed by atoms with Crippen LogP contribution in [-0.2, 0) is 4.79 Å². The van der Waals surface area contributed by atoms with Gasteiger partial charge in [0.2, 0.25) is 0 Å². The van der Waals surface area contributed by atoms with Crippen molar-refractivity contribution in [1.29, 1.82) is 0 Å². The van der Waals surface area contributed by atoms with Gasteiger partial charge in [-0.1, -0.05) is 19.9 Å². The van der Waals surface area contributed by atoms with Crippen molar-refractivity contribution in [3.8, 4) is 5.75 Å². The van der Waals surface area contributed by atoms with Gasteiger partial charge in [0.1, 0.15) is 5.75 Å². The molecular weight excluding hydrogens is 238 g/mol. The Bertz CT molecular complexity index is 405. The van der Waals surface area contributed by atoms with Crippen molar-refractivity contribution in [2.24, 2.45) is 0 Å². The lowest BCUT2D eigenvalue weighted by molar-refractivity contribution is -0.128. The van der Waals surface area contributed by atoms with E-state index in [9.17, 15) is 4.79 Å². The maximum Gasteiger partial charge on any atom is 0.260 e. The third-order valence-electron chi connectivity index (χ3n) is 3.21. The lowest BCUT2D eigenvalue weighted by atomic mass is 10.1. The second kappa shape index (κ2) is 7.17. The second-order valence-electron chi connectivity index (χ2n) is 5.11. The minimum atomic E-state index is -0.471. The average Bonchev–Trinajstić information content (AvgIpc) is 2.34. The Morgan fingerprint density at radius 3 is 2.16 bits per heavy atom. The van der Waals surface area contributed by atoms with Crippen molar-refractivity contribution in [3.05, 3.63) is 29.3 Å². The Morgan fingerprint density at radius 1 is 1.16 bits per heavy atom. The summed E-state index contributed by atoms with van der Waals surface area (Å²) in [7, 11) is 0. The van der Waals surface area contributed by atoms with Gasteiger partial charge in [0.25, 0.3) is 5.91 Å². The fourth-order valence-corrected chi connectivity index (χ4v) is 2.07. The standard InChI is InChI=1S/C16H25NO2/c1-6-14(7-2)17-16(18)13(5)19-15-9-11(3)8-12(4)10-15/h8-10,13-14H,6-7H2,1-5H3,(H,17,18). The van der Waals surface area contributed by atoms with Gasteiger partial charge in [0.05, 0.1) is 0 Å². The zero-order valence-electron chi connectivity index (χ0n) is 12.6. The van der Waals surface area contributed by atoms with E-state index in [1.165, 1.54) is 0 Å². The summed E-state index contributed by atoms with van der Waals surface area (Å²) in [5.41, 5.74) is 2.28. The lowest BCUT2D eigenvalue weighted by Gasteiger charge is -2.19. The zero-order chi connectivity index (χ0) is 14.4. The van der Waals surface area contributed by atoms with Gasteiger partial charge >= 0.3 is 0 Å². The van der Waals surface area contributed by atoms with E-state index in [-0.39, 0.29) is 11.9 Å². The number of nitrogens with one attached hydrogen (secondary N) is 1. The molecule has 0 aliphatic heterocycles. The first-order valence-corrected chi connectivity index (χ1v) is 7.01. The highest BCUT2D eigenvalue weighted by atomic mass is 16.5. The van der Waals surface area contributed by atoms with E-state index in [1.807, 2.05) is 26.0 Å². The normalized spacial score (nSPS) is 12.3. The summed E-state index contributed by atoms with van der Waals surface area (Å²) in [6.07, 6.45) is 1.42. The minimum Gasteiger partial charge on any atom is -0.481 e. The molecule has 0 radical (unpaired) electrons. The van der Waals surface area contributed by atoms with Crippen LogP contribution in [0, 0.1) is 13.8 Å². The van der Waals surface area contributed by atoms with E-state index in [0.717, 1.165) is 29.7 Å². The first-order valence-electron chi connectivity index (χ1n) is 7.01. The molecular formula is C16H25NO2. The predicted octanol–water partition coefficient (Wildman–Crippen LogP) is 3.38. The van der Waals surface area contributed by atoms with Gasteiger partial charge in [0.15, 0.2) is 6.10 Å². The SMILES string of the molecule is CCC(CC)NC(=O)C(C)Oc1cc(C)cc(C)c1. The summed E-state index contributed by atoms with van der Waals surface area (Å²) < 4.78 is 5.72. The lowest BCUT2D eigenvalue weighted by Crippen LogP contribution is -2.42. The Kier molecular flexibility index (Phi) is 5.87. The van der Waals surface area contributed by atoms with Crippen molar-refractivity contribution in [2.45, 2.75) is 59.6 Å². The number of aryl methyl sites for hydroxylation is 2. The van der Waals surface area contributed by atoms with Gasteiger partial charge < -0.3 is 10.1 Å². The van der Waals surface area contributed by atoms with Gasteiger partial charge in [-0.25, -0.2) is 0 Å². The van der Waals surface area contributed by atoms with Crippen molar-refractivity contribution >= 4 is 5.91 Å². The largest absolute Gasteiger partial charge is 0.481 e. The smallest absolute Gasteiger partial charge is 0.260 e. The molecule has 0 fully saturated rings. The number of carbonyl (C=O) groups is 1. The molecule has 106 valence electrons. The summed E-state index contributed by atoms with van der Waals surface area (Å²) in [5.74, 6) is 0.706. The summed E-state index contributed by atoms with van der Waals surface area (Å²) >= 11 is 0. The zero-order valence-corrected chi connectivity index (χ0v) is 12.6. The first kappa shape index (κ1) is 15.5. The van der Waals surface area contributed by atoms with Crippen molar-refractivity contribution in [3.63, 3.8) is 0 Å². The molecule has 3 heteroatoms. The van der Waals surface area contributed by atoms with E-state index < -0.39 is 6.10 Å². The van der Waals surface area contributed by atoms with Crippen LogP contribution in [0.4, 0.5) is 0 Å². The molecule has 0 bridgehead atoms. The number of rotatable bonds is 6. The first-order chi connectivity index (χ1) is 8.96. The number of benzene rings is 1. The number of hydrogen-bond donors (Lipinski definition) is 1. The maximum absolute atomic E-state index is 12.0. The highest BCUT2D eigenvalue weighted by molar-refractivity contribution is 5.81. The van der Waals surface area contributed by atoms with Crippen molar-refractivity contribution in [2.75, 3.05) is 0 Å². The molecule has 1 aromatic rings. The van der Waals surface area contributed by atoms with Crippen LogP contribution < -0.4 is 10.1 Å². The highest BCUT2D eigenvalue weighted by Crippen LogP contribution is 2.17. The molecule has 0 spiro atoms. The van der Waals surface area contributed by atoms with Crippen LogP contribution >= 0.6 is 0 Å². The molecule has 1 amide bonds. The van der Waals surface area contributed by atoms with Crippen LogP contribution in [0.15, 0.2) is 18.2 Å².